The molecule has 1 N–H and O–H groups in total. The second-order valence-electron chi connectivity index (χ2n) is 10.6. The lowest BCUT2D eigenvalue weighted by atomic mass is 9.84. The van der Waals surface area contributed by atoms with Crippen LogP contribution in [-0.2, 0) is 13.6 Å². The standard InChI is InChI=1S/C27H36N6/c1-20(16-33-18-27(2,3)19-33)30-26-13-23-12-21(8-9-22(23)14-28-26)24-15-29-31(4)25(24)17-32-10-6-5-7-11-32/h8-9,12-15H,1,5-7,10-11,16-19H2,2-4H3,(H,28,30). The smallest absolute Gasteiger partial charge is 0.130 e. The Morgan fingerprint density at radius 3 is 2.58 bits per heavy atom. The molecular weight excluding hydrogens is 408 g/mol. The van der Waals surface area contributed by atoms with Gasteiger partial charge in [-0.1, -0.05) is 39.0 Å². The Kier molecular flexibility index (Phi) is 5.97. The van der Waals surface area contributed by atoms with E-state index >= 15 is 0 Å². The molecule has 2 aliphatic rings. The van der Waals surface area contributed by atoms with Crippen LogP contribution in [0.1, 0.15) is 38.8 Å². The molecule has 174 valence electrons. The van der Waals surface area contributed by atoms with E-state index in [1.54, 1.807) is 0 Å². The maximum absolute atomic E-state index is 4.61. The molecule has 0 unspecified atom stereocenters. The monoisotopic (exact) mass is 444 g/mol. The van der Waals surface area contributed by atoms with Crippen molar-refractivity contribution in [1.82, 2.24) is 24.6 Å². The lowest BCUT2D eigenvalue weighted by Crippen LogP contribution is -2.53. The Bertz CT molecular complexity index is 1150. The zero-order valence-corrected chi connectivity index (χ0v) is 20.3. The van der Waals surface area contributed by atoms with Crippen molar-refractivity contribution in [3.63, 3.8) is 0 Å². The van der Waals surface area contributed by atoms with Gasteiger partial charge in [0, 0.05) is 56.1 Å². The Hall–Kier alpha value is -2.70. The molecule has 2 aromatic heterocycles. The molecule has 3 aromatic rings. The lowest BCUT2D eigenvalue weighted by Gasteiger charge is -2.46. The van der Waals surface area contributed by atoms with Gasteiger partial charge in [0.2, 0.25) is 0 Å². The lowest BCUT2D eigenvalue weighted by molar-refractivity contribution is 0.0404. The van der Waals surface area contributed by atoms with Crippen LogP contribution in [0.5, 0.6) is 0 Å². The van der Waals surface area contributed by atoms with Gasteiger partial charge in [-0.05, 0) is 54.4 Å². The summed E-state index contributed by atoms with van der Waals surface area (Å²) >= 11 is 0. The van der Waals surface area contributed by atoms with Crippen LogP contribution >= 0.6 is 0 Å². The number of piperidine rings is 1. The quantitative estimate of drug-likeness (QED) is 0.562. The van der Waals surface area contributed by atoms with Crippen LogP contribution in [0.15, 0.2) is 48.9 Å². The van der Waals surface area contributed by atoms with Gasteiger partial charge in [-0.25, -0.2) is 4.98 Å². The molecule has 0 amide bonds. The van der Waals surface area contributed by atoms with Crippen LogP contribution < -0.4 is 5.32 Å². The van der Waals surface area contributed by atoms with E-state index in [1.807, 2.05) is 17.1 Å². The first kappa shape index (κ1) is 22.1. The molecule has 6 nitrogen and oxygen atoms in total. The molecule has 5 rings (SSSR count). The van der Waals surface area contributed by atoms with E-state index in [4.69, 9.17) is 0 Å². The Labute approximate surface area is 197 Å². The third-order valence-electron chi connectivity index (χ3n) is 6.94. The minimum Gasteiger partial charge on any atom is -0.343 e. The highest BCUT2D eigenvalue weighted by Gasteiger charge is 2.33. The van der Waals surface area contributed by atoms with Gasteiger partial charge < -0.3 is 5.32 Å². The summed E-state index contributed by atoms with van der Waals surface area (Å²) in [6.07, 6.45) is 7.91. The fourth-order valence-corrected chi connectivity index (χ4v) is 5.36. The highest BCUT2D eigenvalue weighted by Crippen LogP contribution is 2.31. The van der Waals surface area contributed by atoms with E-state index in [-0.39, 0.29) is 0 Å². The predicted octanol–water partition coefficient (Wildman–Crippen LogP) is 4.89. The topological polar surface area (TPSA) is 49.2 Å². The maximum atomic E-state index is 4.61. The van der Waals surface area contributed by atoms with Gasteiger partial charge in [0.25, 0.3) is 0 Å². The summed E-state index contributed by atoms with van der Waals surface area (Å²) in [7, 11) is 2.06. The molecule has 0 saturated carbocycles. The van der Waals surface area contributed by atoms with E-state index in [0.717, 1.165) is 43.1 Å². The molecule has 0 bridgehead atoms. The van der Waals surface area contributed by atoms with E-state index in [2.05, 4.69) is 76.9 Å². The number of nitrogens with one attached hydrogen (secondary N) is 1. The van der Waals surface area contributed by atoms with Crippen molar-refractivity contribution in [3.8, 4) is 11.1 Å². The zero-order valence-electron chi connectivity index (χ0n) is 20.3. The molecule has 2 aliphatic heterocycles. The number of hydrogen-bond acceptors (Lipinski definition) is 5. The Morgan fingerprint density at radius 1 is 1.03 bits per heavy atom. The number of likely N-dealkylation sites (tertiary alicyclic amines) is 2. The third kappa shape index (κ3) is 4.97. The second kappa shape index (κ2) is 8.92. The van der Waals surface area contributed by atoms with Crippen LogP contribution in [-0.4, -0.2) is 57.3 Å². The summed E-state index contributed by atoms with van der Waals surface area (Å²) in [5, 5.41) is 10.3. The number of nitrogens with zero attached hydrogens (tertiary/aromatic N) is 5. The molecule has 6 heteroatoms. The van der Waals surface area contributed by atoms with E-state index in [1.165, 1.54) is 54.6 Å². The van der Waals surface area contributed by atoms with E-state index in [9.17, 15) is 0 Å². The molecule has 2 fully saturated rings. The van der Waals surface area contributed by atoms with Crippen molar-refractivity contribution in [2.45, 2.75) is 39.7 Å². The summed E-state index contributed by atoms with van der Waals surface area (Å²) in [5.74, 6) is 0.851. The second-order valence-corrected chi connectivity index (χ2v) is 10.6. The number of aryl methyl sites for hydroxylation is 1. The van der Waals surface area contributed by atoms with Crippen molar-refractivity contribution in [3.05, 3.63) is 54.6 Å². The number of fused-ring (bicyclic) bond motifs is 1. The van der Waals surface area contributed by atoms with Gasteiger partial charge in [0.1, 0.15) is 5.82 Å². The van der Waals surface area contributed by atoms with Crippen LogP contribution in [0.3, 0.4) is 0 Å². The van der Waals surface area contributed by atoms with Crippen LogP contribution in [0.25, 0.3) is 21.9 Å². The summed E-state index contributed by atoms with van der Waals surface area (Å²) in [6, 6.07) is 8.75. The molecule has 33 heavy (non-hydrogen) atoms. The molecule has 2 saturated heterocycles. The maximum Gasteiger partial charge on any atom is 0.130 e. The van der Waals surface area contributed by atoms with Gasteiger partial charge in [0.05, 0.1) is 11.9 Å². The van der Waals surface area contributed by atoms with Crippen LogP contribution in [0.2, 0.25) is 0 Å². The molecule has 0 radical (unpaired) electrons. The highest BCUT2D eigenvalue weighted by molar-refractivity contribution is 5.88. The summed E-state index contributed by atoms with van der Waals surface area (Å²) < 4.78 is 2.04. The van der Waals surface area contributed by atoms with Crippen LogP contribution in [0, 0.1) is 5.41 Å². The minimum atomic E-state index is 0.428. The molecular formula is C27H36N6. The van der Waals surface area contributed by atoms with Crippen molar-refractivity contribution in [2.75, 3.05) is 38.0 Å². The number of aromatic nitrogens is 3. The molecule has 1 aromatic carbocycles. The fraction of sp³-hybridized carbons (Fsp3) is 0.481. The minimum absolute atomic E-state index is 0.428. The number of rotatable bonds is 7. The van der Waals surface area contributed by atoms with Crippen LogP contribution in [0.4, 0.5) is 5.82 Å². The molecule has 4 heterocycles. The van der Waals surface area contributed by atoms with Crippen molar-refractivity contribution in [2.24, 2.45) is 12.5 Å². The van der Waals surface area contributed by atoms with Gasteiger partial charge in [-0.2, -0.15) is 5.10 Å². The molecule has 0 aliphatic carbocycles. The first-order valence-electron chi connectivity index (χ1n) is 12.2. The summed E-state index contributed by atoms with van der Waals surface area (Å²) in [5.41, 5.74) is 5.14. The fourth-order valence-electron chi connectivity index (χ4n) is 5.36. The molecule has 0 spiro atoms. The van der Waals surface area contributed by atoms with Gasteiger partial charge in [-0.15, -0.1) is 0 Å². The van der Waals surface area contributed by atoms with E-state index < -0.39 is 0 Å². The van der Waals surface area contributed by atoms with E-state index in [0.29, 0.717) is 5.41 Å². The SMILES string of the molecule is C=C(CN1CC(C)(C)C1)Nc1cc2cc(-c3cnn(C)c3CN3CCCCC3)ccc2cn1. The number of pyridine rings is 1. The average Bonchev–Trinajstić information content (AvgIpc) is 3.13. The summed E-state index contributed by atoms with van der Waals surface area (Å²) in [6.45, 7) is 15.3. The van der Waals surface area contributed by atoms with Crippen molar-refractivity contribution in [1.29, 1.82) is 0 Å². The van der Waals surface area contributed by atoms with Gasteiger partial charge >= 0.3 is 0 Å². The largest absolute Gasteiger partial charge is 0.343 e. The molecule has 0 atom stereocenters. The van der Waals surface area contributed by atoms with Gasteiger partial charge in [0.15, 0.2) is 0 Å². The zero-order chi connectivity index (χ0) is 23.0. The highest BCUT2D eigenvalue weighted by atomic mass is 15.3. The number of anilines is 1. The van der Waals surface area contributed by atoms with Crippen molar-refractivity contribution < 1.29 is 0 Å². The Balaban J connectivity index is 1.33. The average molecular weight is 445 g/mol. The number of benzene rings is 1. The normalized spacial score (nSPS) is 18.9. The number of hydrogen-bond donors (Lipinski definition) is 1. The first-order valence-corrected chi connectivity index (χ1v) is 12.2. The third-order valence-corrected chi connectivity index (χ3v) is 6.94. The van der Waals surface area contributed by atoms with Gasteiger partial charge in [-0.3, -0.25) is 14.5 Å². The predicted molar refractivity (Wildman–Crippen MR) is 136 cm³/mol. The Morgan fingerprint density at radius 2 is 1.82 bits per heavy atom. The van der Waals surface area contributed by atoms with Crippen molar-refractivity contribution >= 4 is 16.6 Å². The summed E-state index contributed by atoms with van der Waals surface area (Å²) in [4.78, 5) is 9.59. The first-order chi connectivity index (χ1) is 15.9.